The molecular formula is C11H11BrN2O. The predicted molar refractivity (Wildman–Crippen MR) is 63.5 cm³/mol. The Kier molecular flexibility index (Phi) is 2.52. The normalized spacial score (nSPS) is 10.6. The van der Waals surface area contributed by atoms with E-state index in [4.69, 9.17) is 10.3 Å². The van der Waals surface area contributed by atoms with Crippen molar-refractivity contribution in [2.24, 2.45) is 0 Å². The van der Waals surface area contributed by atoms with Crippen molar-refractivity contribution < 1.29 is 4.52 Å². The molecule has 0 atom stereocenters. The molecule has 3 nitrogen and oxygen atoms in total. The lowest BCUT2D eigenvalue weighted by atomic mass is 10.1. The minimum absolute atomic E-state index is 0.406. The van der Waals surface area contributed by atoms with E-state index in [1.54, 1.807) is 6.07 Å². The second-order valence-electron chi connectivity index (χ2n) is 3.54. The molecule has 0 aliphatic carbocycles. The van der Waals surface area contributed by atoms with Crippen molar-refractivity contribution in [2.75, 3.05) is 5.73 Å². The Labute approximate surface area is 96.4 Å². The molecule has 0 saturated carbocycles. The van der Waals surface area contributed by atoms with Crippen LogP contribution in [0, 0.1) is 13.8 Å². The molecule has 0 aliphatic rings. The quantitative estimate of drug-likeness (QED) is 0.862. The third-order valence-electron chi connectivity index (χ3n) is 2.25. The minimum Gasteiger partial charge on any atom is -0.381 e. The fourth-order valence-electron chi connectivity index (χ4n) is 1.51. The van der Waals surface area contributed by atoms with E-state index in [2.05, 4.69) is 21.1 Å². The molecule has 0 fully saturated rings. The fourth-order valence-corrected chi connectivity index (χ4v) is 1.74. The van der Waals surface area contributed by atoms with Gasteiger partial charge in [0.25, 0.3) is 0 Å². The Morgan fingerprint density at radius 2 is 1.80 bits per heavy atom. The van der Waals surface area contributed by atoms with Gasteiger partial charge in [0.15, 0.2) is 11.6 Å². The summed E-state index contributed by atoms with van der Waals surface area (Å²) < 4.78 is 6.23. The zero-order valence-electron chi connectivity index (χ0n) is 8.54. The zero-order valence-corrected chi connectivity index (χ0v) is 10.1. The summed E-state index contributed by atoms with van der Waals surface area (Å²) in [5.74, 6) is 1.11. The molecular weight excluding hydrogens is 256 g/mol. The molecule has 0 saturated heterocycles. The molecule has 4 heteroatoms. The van der Waals surface area contributed by atoms with Crippen LogP contribution < -0.4 is 5.73 Å². The molecule has 0 unspecified atom stereocenters. The van der Waals surface area contributed by atoms with Crippen LogP contribution in [-0.2, 0) is 0 Å². The van der Waals surface area contributed by atoms with Gasteiger partial charge in [-0.2, -0.15) is 0 Å². The van der Waals surface area contributed by atoms with E-state index >= 15 is 0 Å². The number of aryl methyl sites for hydroxylation is 2. The average molecular weight is 267 g/mol. The Balaban J connectivity index is 2.55. The summed E-state index contributed by atoms with van der Waals surface area (Å²) in [5.41, 5.74) is 8.84. The Morgan fingerprint density at radius 1 is 1.20 bits per heavy atom. The van der Waals surface area contributed by atoms with E-state index in [0.717, 1.165) is 10.0 Å². The molecule has 1 aromatic carbocycles. The van der Waals surface area contributed by atoms with Crippen LogP contribution in [0.5, 0.6) is 0 Å². The maximum Gasteiger partial charge on any atom is 0.169 e. The average Bonchev–Trinajstić information content (AvgIpc) is 2.60. The molecule has 15 heavy (non-hydrogen) atoms. The topological polar surface area (TPSA) is 52.0 Å². The standard InChI is InChI=1S/C11H11BrN2O/c1-6-3-8(4-7(2)11(6)12)9-5-10(13)14-15-9/h3-5H,1-2H3,(H2,13,14). The van der Waals surface area contributed by atoms with Gasteiger partial charge in [0.2, 0.25) is 0 Å². The maximum absolute atomic E-state index is 5.51. The van der Waals surface area contributed by atoms with Gasteiger partial charge in [0.05, 0.1) is 0 Å². The highest BCUT2D eigenvalue weighted by molar-refractivity contribution is 9.10. The highest BCUT2D eigenvalue weighted by Crippen LogP contribution is 2.29. The summed E-state index contributed by atoms with van der Waals surface area (Å²) >= 11 is 3.52. The van der Waals surface area contributed by atoms with Crippen molar-refractivity contribution in [1.29, 1.82) is 0 Å². The van der Waals surface area contributed by atoms with E-state index in [0.29, 0.717) is 11.6 Å². The molecule has 2 N–H and O–H groups in total. The van der Waals surface area contributed by atoms with Gasteiger partial charge < -0.3 is 10.3 Å². The van der Waals surface area contributed by atoms with Crippen molar-refractivity contribution in [3.8, 4) is 11.3 Å². The lowest BCUT2D eigenvalue weighted by Gasteiger charge is -2.04. The Morgan fingerprint density at radius 3 is 2.27 bits per heavy atom. The summed E-state index contributed by atoms with van der Waals surface area (Å²) in [7, 11) is 0. The van der Waals surface area contributed by atoms with Gasteiger partial charge in [0.1, 0.15) is 0 Å². The molecule has 2 aromatic rings. The van der Waals surface area contributed by atoms with Gasteiger partial charge in [-0.15, -0.1) is 0 Å². The second kappa shape index (κ2) is 3.70. The van der Waals surface area contributed by atoms with Crippen LogP contribution in [-0.4, -0.2) is 5.16 Å². The highest BCUT2D eigenvalue weighted by Gasteiger charge is 2.08. The summed E-state index contributed by atoms with van der Waals surface area (Å²) in [6.07, 6.45) is 0. The molecule has 0 spiro atoms. The van der Waals surface area contributed by atoms with Crippen molar-refractivity contribution >= 4 is 21.7 Å². The first kappa shape index (κ1) is 10.2. The van der Waals surface area contributed by atoms with Gasteiger partial charge in [-0.25, -0.2) is 0 Å². The van der Waals surface area contributed by atoms with Gasteiger partial charge in [-0.3, -0.25) is 0 Å². The number of rotatable bonds is 1. The van der Waals surface area contributed by atoms with E-state index in [1.165, 1.54) is 11.1 Å². The number of aromatic nitrogens is 1. The summed E-state index contributed by atoms with van der Waals surface area (Å²) in [6, 6.07) is 5.80. The Bertz CT molecular complexity index is 482. The van der Waals surface area contributed by atoms with Crippen LogP contribution in [0.2, 0.25) is 0 Å². The molecule has 0 aliphatic heterocycles. The number of hydrogen-bond donors (Lipinski definition) is 1. The van der Waals surface area contributed by atoms with E-state index in [-0.39, 0.29) is 0 Å². The van der Waals surface area contributed by atoms with Crippen molar-refractivity contribution in [2.45, 2.75) is 13.8 Å². The molecule has 1 heterocycles. The third kappa shape index (κ3) is 1.90. The molecule has 0 amide bonds. The number of benzene rings is 1. The van der Waals surface area contributed by atoms with Crippen molar-refractivity contribution in [1.82, 2.24) is 5.16 Å². The van der Waals surface area contributed by atoms with E-state index < -0.39 is 0 Å². The first-order valence-electron chi connectivity index (χ1n) is 4.57. The molecule has 2 rings (SSSR count). The predicted octanol–water partition coefficient (Wildman–Crippen LogP) is 3.30. The lowest BCUT2D eigenvalue weighted by Crippen LogP contribution is -1.84. The van der Waals surface area contributed by atoms with Crippen molar-refractivity contribution in [3.63, 3.8) is 0 Å². The van der Waals surface area contributed by atoms with Crippen LogP contribution in [0.25, 0.3) is 11.3 Å². The smallest absolute Gasteiger partial charge is 0.169 e. The first-order valence-corrected chi connectivity index (χ1v) is 5.36. The summed E-state index contributed by atoms with van der Waals surface area (Å²) in [5, 5.41) is 3.67. The number of anilines is 1. The number of hydrogen-bond acceptors (Lipinski definition) is 3. The fraction of sp³-hybridized carbons (Fsp3) is 0.182. The largest absolute Gasteiger partial charge is 0.381 e. The van der Waals surface area contributed by atoms with Crippen LogP contribution in [0.4, 0.5) is 5.82 Å². The molecule has 0 radical (unpaired) electrons. The van der Waals surface area contributed by atoms with Crippen LogP contribution in [0.1, 0.15) is 11.1 Å². The number of halogens is 1. The Hall–Kier alpha value is -1.29. The van der Waals surface area contributed by atoms with E-state index in [1.807, 2.05) is 26.0 Å². The molecule has 78 valence electrons. The highest BCUT2D eigenvalue weighted by atomic mass is 79.9. The molecule has 1 aromatic heterocycles. The van der Waals surface area contributed by atoms with Crippen LogP contribution in [0.3, 0.4) is 0 Å². The number of nitrogens with two attached hydrogens (primary N) is 1. The maximum atomic E-state index is 5.51. The summed E-state index contributed by atoms with van der Waals surface area (Å²) in [4.78, 5) is 0. The lowest BCUT2D eigenvalue weighted by molar-refractivity contribution is 0.436. The van der Waals surface area contributed by atoms with Gasteiger partial charge in [-0.1, -0.05) is 21.1 Å². The summed E-state index contributed by atoms with van der Waals surface area (Å²) in [6.45, 7) is 4.08. The van der Waals surface area contributed by atoms with E-state index in [9.17, 15) is 0 Å². The number of nitrogens with zero attached hydrogens (tertiary/aromatic N) is 1. The van der Waals surface area contributed by atoms with Crippen LogP contribution >= 0.6 is 15.9 Å². The SMILES string of the molecule is Cc1cc(-c2cc(N)no2)cc(C)c1Br. The number of nitrogen functional groups attached to an aromatic ring is 1. The first-order chi connectivity index (χ1) is 7.08. The third-order valence-corrected chi connectivity index (χ3v) is 3.50. The van der Waals surface area contributed by atoms with Gasteiger partial charge in [0, 0.05) is 16.1 Å². The second-order valence-corrected chi connectivity index (χ2v) is 4.33. The van der Waals surface area contributed by atoms with Crippen molar-refractivity contribution in [3.05, 3.63) is 33.8 Å². The zero-order chi connectivity index (χ0) is 11.0. The van der Waals surface area contributed by atoms with Gasteiger partial charge >= 0.3 is 0 Å². The van der Waals surface area contributed by atoms with Gasteiger partial charge in [-0.05, 0) is 37.1 Å². The molecule has 0 bridgehead atoms. The minimum atomic E-state index is 0.406. The van der Waals surface area contributed by atoms with Crippen LogP contribution in [0.15, 0.2) is 27.2 Å². The monoisotopic (exact) mass is 266 g/mol.